The fourth-order valence-corrected chi connectivity index (χ4v) is 16.0. The predicted molar refractivity (Wildman–Crippen MR) is 434 cm³/mol. The Labute approximate surface area is 711 Å². The van der Waals surface area contributed by atoms with E-state index in [4.69, 9.17) is 69.0 Å². The summed E-state index contributed by atoms with van der Waals surface area (Å²) in [4.78, 5) is 149. The van der Waals surface area contributed by atoms with Crippen LogP contribution in [0.15, 0.2) is 126 Å². The van der Waals surface area contributed by atoms with Crippen LogP contribution in [0.2, 0.25) is 15.1 Å². The molecule has 648 valence electrons. The molecule has 1 aromatic heterocycles. The third kappa shape index (κ3) is 20.3. The lowest BCUT2D eigenvalue weighted by Crippen LogP contribution is -2.65. The summed E-state index contributed by atoms with van der Waals surface area (Å²) in [6, 6.07) is 13.4. The standard InChI is InChI=1S/C84H90Cl3N9O26/c1-6-39(23-36(2)3)77(110)94-68-54(101)27-44(30-61(88)103)78(111)92-66-43-28-58(118-56-16-11-41(70(68)105)25-50(56)86)74(122-82-75(73(108)72(107)60(35-97)120-82)121-64-34-84(5,76(109)37(4)117-64)89-20-22-96-21-19-62(91-83(96)116)90-63(104)18-9-38-7-13-45(85)14-8-38)59(29-43)119-57-17-12-42(26-51(57)87)71(106)69-80(113)93-67(81(114)115)49-31-46(98)32-53(100)65(49)48-24-40(10-15-52(48)99)47(33-55(66)102)79(112)95-69/h7-19,21,24-26,28-29,31-32,36-37,39,44,47,60,64,66-73,75-76,82,89,97-100,105-109H,6,20,22-23,27,30,33-35H2,1-5H3,(H2,88,103)(H,92,111)(H,93,113)(H,94,110)(H,95,112)(H,114,115)(H,90,91,104,116)/b18-9+/t37-,39+,44-,47?,60+,64-,66?,67+,68-,69-,70+,71+,72+,73-,75+,76+,82?,84-/m0/s1. The molecule has 6 amide bonds. The van der Waals surface area contributed by atoms with Crippen molar-refractivity contribution in [3.63, 3.8) is 0 Å². The number of carbonyl (C=O) groups is 9. The summed E-state index contributed by atoms with van der Waals surface area (Å²) in [5.74, 6) is -20.1. The number of hydrogen-bond acceptors (Lipinski definition) is 27. The van der Waals surface area contributed by atoms with E-state index in [-0.39, 0.29) is 65.1 Å². The first kappa shape index (κ1) is 90.1. The van der Waals surface area contributed by atoms with Gasteiger partial charge in [0.2, 0.25) is 47.5 Å². The van der Waals surface area contributed by atoms with E-state index in [1.54, 1.807) is 38.1 Å². The van der Waals surface area contributed by atoms with Crippen LogP contribution < -0.4 is 57.5 Å². The first-order valence-corrected chi connectivity index (χ1v) is 40.0. The normalized spacial score (nSPS) is 26.5. The van der Waals surface area contributed by atoms with Crippen LogP contribution in [0.1, 0.15) is 137 Å². The lowest BCUT2D eigenvalue weighted by molar-refractivity contribution is -0.334. The zero-order chi connectivity index (χ0) is 88.2. The van der Waals surface area contributed by atoms with Crippen LogP contribution in [-0.2, 0) is 63.9 Å². The van der Waals surface area contributed by atoms with Crippen LogP contribution >= 0.6 is 34.8 Å². The summed E-state index contributed by atoms with van der Waals surface area (Å²) in [7, 11) is 0. The number of phenolic OH excluding ortho intramolecular Hbond substituents is 3. The number of aliphatic hydroxyl groups excluding tert-OH is 6. The van der Waals surface area contributed by atoms with Crippen molar-refractivity contribution in [2.24, 2.45) is 23.5 Å². The molecule has 122 heavy (non-hydrogen) atoms. The Kier molecular flexibility index (Phi) is 28.1. The molecule has 18 atom stereocenters. The number of Topliss-reactive ketones (excluding diaryl/α,β-unsaturated/α-hetero) is 2. The lowest BCUT2D eigenvalue weighted by Gasteiger charge is -2.48. The summed E-state index contributed by atoms with van der Waals surface area (Å²) >= 11 is 20.3. The van der Waals surface area contributed by atoms with Gasteiger partial charge in [0.05, 0.1) is 40.7 Å². The number of ketones is 2. The number of amides is 6. The number of fused-ring (bicyclic) bond motifs is 15. The van der Waals surface area contributed by atoms with Crippen LogP contribution in [0.25, 0.3) is 17.2 Å². The highest BCUT2D eigenvalue weighted by Gasteiger charge is 2.52. The highest BCUT2D eigenvalue weighted by molar-refractivity contribution is 6.32. The van der Waals surface area contributed by atoms with Crippen molar-refractivity contribution in [1.82, 2.24) is 36.1 Å². The van der Waals surface area contributed by atoms with Crippen molar-refractivity contribution in [2.75, 3.05) is 18.5 Å². The molecule has 0 saturated carbocycles. The Hall–Kier alpha value is -11.2. The average molecular weight is 1750 g/mol. The summed E-state index contributed by atoms with van der Waals surface area (Å²) in [6.07, 6.45) is -16.7. The number of hydrogen-bond donors (Lipinski definition) is 17. The minimum atomic E-state index is -2.28. The fraction of sp³-hybridized carbons (Fsp3) is 0.393. The Bertz CT molecular complexity index is 5290. The Morgan fingerprint density at radius 3 is 2.03 bits per heavy atom. The molecular weight excluding hydrogens is 1660 g/mol. The molecule has 38 heteroatoms. The quantitative estimate of drug-likeness (QED) is 0.0406. The van der Waals surface area contributed by atoms with Crippen molar-refractivity contribution < 1.29 is 123 Å². The first-order valence-electron chi connectivity index (χ1n) is 38.9. The van der Waals surface area contributed by atoms with Crippen LogP contribution in [0.3, 0.4) is 0 Å². The van der Waals surface area contributed by atoms with Crippen LogP contribution in [-0.4, -0.2) is 194 Å². The minimum Gasteiger partial charge on any atom is -0.508 e. The SMILES string of the molecule is CC[C@H](CC(C)C)C(=O)N[C@H]1C(=O)C[C@@H](CC(N)=O)C(=O)NC2C(=O)CC3C(=O)N[C@H](C(=O)N[C@@H](C(=O)O)c4cc(O)cc(O)c4-c4cc3ccc4O)[C@H](O)c3ccc(c(Cl)c3)Oc3cc2cc(c3OC2O[C@H](CO)[C@@H](O)[C@H](O)[C@H]2O[C@H]2C[C@](C)(NCCn3ccc(NC(=O)/C=C/c4ccc(Cl)cc4)nc3=O)[C@H](O)[C@H](C)O2)Oc2ccc(cc2Cl)[C@H]1O. The molecule has 0 radical (unpaired) electrons. The van der Waals surface area contributed by atoms with Gasteiger partial charge in [0.1, 0.15) is 83.2 Å². The first-order chi connectivity index (χ1) is 57.9. The minimum absolute atomic E-state index is 0.0265. The van der Waals surface area contributed by atoms with Gasteiger partial charge >= 0.3 is 11.7 Å². The van der Waals surface area contributed by atoms with Gasteiger partial charge in [-0.3, -0.25) is 42.9 Å². The maximum atomic E-state index is 16.4. The molecule has 7 aromatic rings. The summed E-state index contributed by atoms with van der Waals surface area (Å²) in [5.41, 5.74) is 1.81. The van der Waals surface area contributed by atoms with Gasteiger partial charge in [-0.15, -0.1) is 0 Å². The van der Waals surface area contributed by atoms with Crippen LogP contribution in [0.4, 0.5) is 5.82 Å². The molecule has 7 aliphatic rings. The van der Waals surface area contributed by atoms with Gasteiger partial charge in [-0.25, -0.2) is 9.59 Å². The highest BCUT2D eigenvalue weighted by atomic mass is 35.5. The highest BCUT2D eigenvalue weighted by Crippen LogP contribution is 2.51. The molecule has 2 saturated heterocycles. The summed E-state index contributed by atoms with van der Waals surface area (Å²) in [5, 5.41) is 132. The number of anilines is 1. The van der Waals surface area contributed by atoms with E-state index in [0.717, 1.165) is 60.7 Å². The van der Waals surface area contributed by atoms with Crippen molar-refractivity contribution >= 4 is 99.7 Å². The van der Waals surface area contributed by atoms with Gasteiger partial charge in [-0.05, 0) is 139 Å². The van der Waals surface area contributed by atoms with Gasteiger partial charge in [0.15, 0.2) is 41.5 Å². The van der Waals surface area contributed by atoms with Crippen LogP contribution in [0, 0.1) is 17.8 Å². The van der Waals surface area contributed by atoms with E-state index in [2.05, 4.69) is 36.9 Å². The molecule has 11 bridgehead atoms. The molecule has 0 aliphatic carbocycles. The number of carbonyl (C=O) groups excluding carboxylic acids is 8. The number of aromatic nitrogens is 2. The van der Waals surface area contributed by atoms with E-state index >= 15 is 19.2 Å². The molecule has 8 heterocycles. The predicted octanol–water partition coefficient (Wildman–Crippen LogP) is 5.71. The number of benzene rings is 6. The smallest absolute Gasteiger partial charge is 0.349 e. The zero-order valence-corrected chi connectivity index (χ0v) is 68.3. The topological polar surface area (TPSA) is 544 Å². The molecule has 35 nitrogen and oxygen atoms in total. The number of nitrogens with two attached hydrogens (primary N) is 1. The average Bonchev–Trinajstić information content (AvgIpc) is 0.763. The number of halogens is 3. The molecule has 18 N–H and O–H groups in total. The summed E-state index contributed by atoms with van der Waals surface area (Å²) in [6.45, 7) is 7.49. The molecule has 0 spiro atoms. The van der Waals surface area contributed by atoms with Gasteiger partial charge in [-0.1, -0.05) is 85.9 Å². The van der Waals surface area contributed by atoms with E-state index in [9.17, 15) is 79.8 Å². The van der Waals surface area contributed by atoms with Gasteiger partial charge in [0, 0.05) is 90.3 Å². The third-order valence-electron chi connectivity index (χ3n) is 21.9. The van der Waals surface area contributed by atoms with Crippen molar-refractivity contribution in [3.05, 3.63) is 180 Å². The number of carboxylic acid groups (broad SMARTS) is 1. The second kappa shape index (κ2) is 38.1. The Morgan fingerprint density at radius 2 is 1.41 bits per heavy atom. The molecule has 14 rings (SSSR count). The van der Waals surface area contributed by atoms with Crippen molar-refractivity contribution in [3.8, 4) is 57.1 Å². The van der Waals surface area contributed by atoms with E-state index in [1.165, 1.54) is 54.1 Å². The number of aliphatic carboxylic acids is 1. The third-order valence-corrected chi connectivity index (χ3v) is 22.7. The summed E-state index contributed by atoms with van der Waals surface area (Å²) < 4.78 is 40.7. The molecule has 2 fully saturated rings. The van der Waals surface area contributed by atoms with Crippen molar-refractivity contribution in [1.29, 1.82) is 0 Å². The largest absolute Gasteiger partial charge is 0.508 e. The lowest BCUT2D eigenvalue weighted by atomic mass is 9.84. The molecular formula is C84H90Cl3N9O26. The second-order valence-corrected chi connectivity index (χ2v) is 32.3. The fourth-order valence-electron chi connectivity index (χ4n) is 15.4. The number of aromatic hydroxyl groups is 3. The number of phenols is 3. The van der Waals surface area contributed by atoms with Gasteiger partial charge in [-0.2, -0.15) is 4.98 Å². The van der Waals surface area contributed by atoms with Gasteiger partial charge in [0.25, 0.3) is 0 Å². The molecule has 3 unspecified atom stereocenters. The van der Waals surface area contributed by atoms with E-state index in [0.29, 0.717) is 17.0 Å². The van der Waals surface area contributed by atoms with E-state index < -0.39 is 261 Å². The van der Waals surface area contributed by atoms with Crippen molar-refractivity contribution in [2.45, 2.75) is 177 Å². The number of aliphatic hydroxyl groups is 6. The van der Waals surface area contributed by atoms with E-state index in [1.807, 2.05) is 13.8 Å². The Balaban J connectivity index is 0.992. The number of nitrogens with one attached hydrogen (secondary N) is 6. The molecule has 6 aromatic carbocycles. The number of primary amides is 1. The number of carboxylic acids is 1. The zero-order valence-electron chi connectivity index (χ0n) is 66.0. The Morgan fingerprint density at radius 1 is 0.746 bits per heavy atom. The maximum absolute atomic E-state index is 16.4. The number of nitrogens with zero attached hydrogens (tertiary/aromatic N) is 2. The van der Waals surface area contributed by atoms with Crippen LogP contribution in [0.5, 0.6) is 46.0 Å². The maximum Gasteiger partial charge on any atom is 0.349 e. The van der Waals surface area contributed by atoms with Gasteiger partial charge < -0.3 is 117 Å². The second-order valence-electron chi connectivity index (χ2n) is 31.1. The number of ether oxygens (including phenoxy) is 6. The number of rotatable bonds is 20. The monoisotopic (exact) mass is 1750 g/mol. The molecule has 7 aliphatic heterocycles.